The molecule has 0 saturated carbocycles. The Morgan fingerprint density at radius 2 is 1.93 bits per heavy atom. The second kappa shape index (κ2) is 8.18. The van der Waals surface area contributed by atoms with E-state index in [1.807, 2.05) is 25.1 Å². The molecular weight excluding hydrogens is 376 g/mol. The lowest BCUT2D eigenvalue weighted by molar-refractivity contribution is -0.0501. The van der Waals surface area contributed by atoms with E-state index >= 15 is 0 Å². The molecule has 1 N–H and O–H groups in total. The number of benzene rings is 2. The summed E-state index contributed by atoms with van der Waals surface area (Å²) >= 11 is 6.17. The van der Waals surface area contributed by atoms with E-state index in [1.165, 1.54) is 18.2 Å². The normalized spacial score (nSPS) is 10.9. The molecule has 1 heterocycles. The number of aromatic nitrogens is 2. The fraction of sp³-hybridized carbons (Fsp3) is 0.158. The van der Waals surface area contributed by atoms with Gasteiger partial charge < -0.3 is 10.1 Å². The van der Waals surface area contributed by atoms with Crippen LogP contribution < -0.4 is 10.1 Å². The van der Waals surface area contributed by atoms with E-state index in [9.17, 15) is 13.6 Å². The third-order valence-electron chi connectivity index (χ3n) is 3.85. The van der Waals surface area contributed by atoms with Gasteiger partial charge >= 0.3 is 6.61 Å². The van der Waals surface area contributed by atoms with Crippen LogP contribution in [0, 0.1) is 6.92 Å². The minimum atomic E-state index is -3.02. The van der Waals surface area contributed by atoms with Crippen LogP contribution in [0.25, 0.3) is 0 Å². The summed E-state index contributed by atoms with van der Waals surface area (Å²) in [5.41, 5.74) is 1.69. The Bertz CT molecular complexity index is 960. The average Bonchev–Trinajstić information content (AvgIpc) is 2.96. The van der Waals surface area contributed by atoms with Crippen molar-refractivity contribution < 1.29 is 18.3 Å². The number of hydrogen-bond acceptors (Lipinski definition) is 3. The quantitative estimate of drug-likeness (QED) is 0.660. The van der Waals surface area contributed by atoms with Crippen LogP contribution in [0.2, 0.25) is 5.02 Å². The number of hydrogen-bond donors (Lipinski definition) is 1. The molecule has 2 aromatic carbocycles. The Morgan fingerprint density at radius 3 is 2.67 bits per heavy atom. The number of rotatable bonds is 6. The lowest BCUT2D eigenvalue weighted by atomic mass is 10.2. The van der Waals surface area contributed by atoms with Crippen LogP contribution in [-0.2, 0) is 6.54 Å². The summed E-state index contributed by atoms with van der Waals surface area (Å²) in [6.07, 6.45) is 0. The van der Waals surface area contributed by atoms with Gasteiger partial charge in [-0.3, -0.25) is 9.48 Å². The molecule has 0 fully saturated rings. The molecule has 0 radical (unpaired) electrons. The average molecular weight is 392 g/mol. The van der Waals surface area contributed by atoms with E-state index in [2.05, 4.69) is 15.2 Å². The van der Waals surface area contributed by atoms with Crippen LogP contribution in [0.3, 0.4) is 0 Å². The number of nitrogens with one attached hydrogen (secondary N) is 1. The highest BCUT2D eigenvalue weighted by molar-refractivity contribution is 6.31. The Hall–Kier alpha value is -2.93. The van der Waals surface area contributed by atoms with E-state index in [-0.39, 0.29) is 11.3 Å². The Labute approximate surface area is 159 Å². The van der Waals surface area contributed by atoms with Crippen molar-refractivity contribution in [2.24, 2.45) is 0 Å². The minimum Gasteiger partial charge on any atom is -0.434 e. The topological polar surface area (TPSA) is 56.1 Å². The summed E-state index contributed by atoms with van der Waals surface area (Å²) in [4.78, 5) is 12.4. The number of alkyl halides is 2. The van der Waals surface area contributed by atoms with E-state index in [0.29, 0.717) is 17.4 Å². The van der Waals surface area contributed by atoms with Crippen molar-refractivity contribution in [3.05, 3.63) is 76.4 Å². The molecular formula is C19H16ClF2N3O2. The molecule has 0 saturated heterocycles. The molecule has 0 atom stereocenters. The van der Waals surface area contributed by atoms with Crippen LogP contribution in [0.4, 0.5) is 14.6 Å². The van der Waals surface area contributed by atoms with Gasteiger partial charge in [0.2, 0.25) is 0 Å². The zero-order chi connectivity index (χ0) is 19.4. The first-order valence-corrected chi connectivity index (χ1v) is 8.45. The SMILES string of the molecule is Cc1cc(NC(=O)c2ccccc2OC(F)F)nn1Cc1ccccc1Cl. The predicted octanol–water partition coefficient (Wildman–Crippen LogP) is 4.75. The molecule has 5 nitrogen and oxygen atoms in total. The number of halogens is 3. The highest BCUT2D eigenvalue weighted by Crippen LogP contribution is 2.22. The largest absolute Gasteiger partial charge is 0.434 e. The van der Waals surface area contributed by atoms with Crippen molar-refractivity contribution >= 4 is 23.3 Å². The standard InChI is InChI=1S/C19H16ClF2N3O2/c1-12-10-17(24-25(12)11-13-6-2-4-8-15(13)20)23-18(26)14-7-3-5-9-16(14)27-19(21)22/h2-10,19H,11H2,1H3,(H,23,24,26). The summed E-state index contributed by atoms with van der Waals surface area (Å²) in [5.74, 6) is -0.484. The number of amides is 1. The van der Waals surface area contributed by atoms with Gasteiger partial charge in [-0.15, -0.1) is 0 Å². The molecule has 0 aliphatic rings. The van der Waals surface area contributed by atoms with Gasteiger partial charge in [-0.25, -0.2) is 0 Å². The van der Waals surface area contributed by atoms with E-state index in [1.54, 1.807) is 22.9 Å². The van der Waals surface area contributed by atoms with Gasteiger partial charge in [-0.2, -0.15) is 13.9 Å². The molecule has 0 aliphatic heterocycles. The van der Waals surface area contributed by atoms with E-state index < -0.39 is 12.5 Å². The van der Waals surface area contributed by atoms with Crippen LogP contribution in [0.15, 0.2) is 54.6 Å². The smallest absolute Gasteiger partial charge is 0.387 e. The number of aryl methyl sites for hydroxylation is 1. The zero-order valence-corrected chi connectivity index (χ0v) is 15.1. The molecule has 1 amide bonds. The lowest BCUT2D eigenvalue weighted by Gasteiger charge is -2.09. The minimum absolute atomic E-state index is 0.00360. The van der Waals surface area contributed by atoms with E-state index in [0.717, 1.165) is 11.3 Å². The molecule has 0 spiro atoms. The van der Waals surface area contributed by atoms with Crippen LogP contribution in [0.5, 0.6) is 5.75 Å². The van der Waals surface area contributed by atoms with Gasteiger partial charge in [0.25, 0.3) is 5.91 Å². The van der Waals surface area contributed by atoms with Gasteiger partial charge in [0.05, 0.1) is 12.1 Å². The van der Waals surface area contributed by atoms with Crippen molar-refractivity contribution in [3.8, 4) is 5.75 Å². The number of ether oxygens (including phenoxy) is 1. The van der Waals surface area contributed by atoms with Crippen molar-refractivity contribution in [1.82, 2.24) is 9.78 Å². The number of nitrogens with zero attached hydrogens (tertiary/aromatic N) is 2. The van der Waals surface area contributed by atoms with Crippen LogP contribution >= 0.6 is 11.6 Å². The van der Waals surface area contributed by atoms with Gasteiger partial charge in [0.1, 0.15) is 5.75 Å². The molecule has 8 heteroatoms. The van der Waals surface area contributed by atoms with E-state index in [4.69, 9.17) is 11.6 Å². The van der Waals surface area contributed by atoms with Crippen molar-refractivity contribution in [2.45, 2.75) is 20.1 Å². The second-order valence-electron chi connectivity index (χ2n) is 5.75. The summed E-state index contributed by atoms with van der Waals surface area (Å²) in [7, 11) is 0. The fourth-order valence-electron chi connectivity index (χ4n) is 2.56. The first-order chi connectivity index (χ1) is 12.9. The highest BCUT2D eigenvalue weighted by atomic mass is 35.5. The lowest BCUT2D eigenvalue weighted by Crippen LogP contribution is -2.15. The van der Waals surface area contributed by atoms with Gasteiger partial charge in [0, 0.05) is 16.8 Å². The molecule has 27 heavy (non-hydrogen) atoms. The van der Waals surface area contributed by atoms with Gasteiger partial charge in [-0.05, 0) is 30.7 Å². The maximum absolute atomic E-state index is 12.5. The van der Waals surface area contributed by atoms with Crippen molar-refractivity contribution in [2.75, 3.05) is 5.32 Å². The molecule has 0 bridgehead atoms. The highest BCUT2D eigenvalue weighted by Gasteiger charge is 2.17. The summed E-state index contributed by atoms with van der Waals surface area (Å²) in [6.45, 7) is -0.740. The first kappa shape index (κ1) is 18.8. The predicted molar refractivity (Wildman–Crippen MR) is 98.5 cm³/mol. The first-order valence-electron chi connectivity index (χ1n) is 8.07. The van der Waals surface area contributed by atoms with Crippen LogP contribution in [0.1, 0.15) is 21.6 Å². The summed E-state index contributed by atoms with van der Waals surface area (Å²) in [6, 6.07) is 14.9. The fourth-order valence-corrected chi connectivity index (χ4v) is 2.75. The zero-order valence-electron chi connectivity index (χ0n) is 14.3. The Kier molecular flexibility index (Phi) is 5.71. The molecule has 0 aliphatic carbocycles. The summed E-state index contributed by atoms with van der Waals surface area (Å²) in [5, 5.41) is 7.57. The number of anilines is 1. The maximum Gasteiger partial charge on any atom is 0.387 e. The Balaban J connectivity index is 1.77. The van der Waals surface area contributed by atoms with Crippen molar-refractivity contribution in [1.29, 1.82) is 0 Å². The Morgan fingerprint density at radius 1 is 1.22 bits per heavy atom. The van der Waals surface area contributed by atoms with Crippen molar-refractivity contribution in [3.63, 3.8) is 0 Å². The number of carbonyl (C=O) groups excluding carboxylic acids is 1. The van der Waals surface area contributed by atoms with Gasteiger partial charge in [0.15, 0.2) is 5.82 Å². The maximum atomic E-state index is 12.5. The molecule has 1 aromatic heterocycles. The number of carbonyl (C=O) groups is 1. The monoisotopic (exact) mass is 391 g/mol. The van der Waals surface area contributed by atoms with Crippen LogP contribution in [-0.4, -0.2) is 22.3 Å². The third kappa shape index (κ3) is 4.62. The second-order valence-corrected chi connectivity index (χ2v) is 6.16. The molecule has 140 valence electrons. The summed E-state index contributed by atoms with van der Waals surface area (Å²) < 4.78 is 31.1. The van der Waals surface area contributed by atoms with Gasteiger partial charge in [-0.1, -0.05) is 41.9 Å². The third-order valence-corrected chi connectivity index (χ3v) is 4.22. The number of para-hydroxylation sites is 1. The molecule has 3 aromatic rings. The molecule has 3 rings (SSSR count). The molecule has 0 unspecified atom stereocenters.